The van der Waals surface area contributed by atoms with Crippen molar-refractivity contribution in [3.63, 3.8) is 0 Å². The van der Waals surface area contributed by atoms with Crippen LogP contribution < -0.4 is 11.3 Å². The molecule has 0 atom stereocenters. The smallest absolute Gasteiger partial charge is 0.300 e. The number of benzene rings is 1. The van der Waals surface area contributed by atoms with Crippen LogP contribution >= 0.6 is 0 Å². The Labute approximate surface area is 124 Å². The van der Waals surface area contributed by atoms with Crippen LogP contribution in [0.3, 0.4) is 0 Å². The number of carbonyl (C=O) groups excluding carboxylic acids is 1. The first-order chi connectivity index (χ1) is 10.1. The first-order valence-electron chi connectivity index (χ1n) is 6.97. The topological polar surface area (TPSA) is 71.5 Å². The van der Waals surface area contributed by atoms with Gasteiger partial charge < -0.3 is 4.42 Å². The highest BCUT2D eigenvalue weighted by atomic mass is 16.4. The standard InChI is InChI=1S/C16H21N3O2/c1-12(2)19(10-13-6-4-3-5-7-13)11-14-8-9-15(21-14)16(20)18-17/h3-9,12H,10-11,17H2,1-2H3,(H,18,20). The van der Waals surface area contributed by atoms with Gasteiger partial charge in [-0.25, -0.2) is 5.84 Å². The summed E-state index contributed by atoms with van der Waals surface area (Å²) in [6.45, 7) is 5.75. The van der Waals surface area contributed by atoms with Crippen molar-refractivity contribution >= 4 is 5.91 Å². The van der Waals surface area contributed by atoms with E-state index >= 15 is 0 Å². The molecular formula is C16H21N3O2. The van der Waals surface area contributed by atoms with E-state index in [0.29, 0.717) is 12.6 Å². The van der Waals surface area contributed by atoms with E-state index in [1.807, 2.05) is 24.3 Å². The molecule has 0 aliphatic heterocycles. The molecule has 0 fully saturated rings. The molecule has 1 heterocycles. The molecule has 0 aliphatic carbocycles. The monoisotopic (exact) mass is 287 g/mol. The van der Waals surface area contributed by atoms with Crippen molar-refractivity contribution < 1.29 is 9.21 Å². The molecule has 0 bridgehead atoms. The van der Waals surface area contributed by atoms with Crippen molar-refractivity contribution in [2.75, 3.05) is 0 Å². The number of nitrogens with zero attached hydrogens (tertiary/aromatic N) is 1. The molecule has 5 nitrogen and oxygen atoms in total. The van der Waals surface area contributed by atoms with Crippen molar-refractivity contribution in [1.82, 2.24) is 10.3 Å². The van der Waals surface area contributed by atoms with Crippen LogP contribution in [0, 0.1) is 0 Å². The van der Waals surface area contributed by atoms with Gasteiger partial charge in [-0.3, -0.25) is 15.1 Å². The lowest BCUT2D eigenvalue weighted by atomic mass is 10.2. The van der Waals surface area contributed by atoms with E-state index in [2.05, 4.69) is 36.3 Å². The minimum absolute atomic E-state index is 0.232. The maximum atomic E-state index is 11.4. The quantitative estimate of drug-likeness (QED) is 0.486. The van der Waals surface area contributed by atoms with Crippen LogP contribution in [0.2, 0.25) is 0 Å². The molecule has 112 valence electrons. The van der Waals surface area contributed by atoms with Crippen LogP contribution in [0.25, 0.3) is 0 Å². The second kappa shape index (κ2) is 7.06. The Bertz CT molecular complexity index is 578. The lowest BCUT2D eigenvalue weighted by molar-refractivity contribution is 0.0920. The summed E-state index contributed by atoms with van der Waals surface area (Å²) in [6.07, 6.45) is 0. The molecule has 0 saturated carbocycles. The van der Waals surface area contributed by atoms with E-state index < -0.39 is 5.91 Å². The second-order valence-corrected chi connectivity index (χ2v) is 5.22. The van der Waals surface area contributed by atoms with Crippen LogP contribution in [0.15, 0.2) is 46.9 Å². The normalized spacial score (nSPS) is 11.1. The molecule has 2 rings (SSSR count). The Kier molecular flexibility index (Phi) is 5.14. The SMILES string of the molecule is CC(C)N(Cc1ccccc1)Cc1ccc(C(=O)NN)o1. The van der Waals surface area contributed by atoms with Gasteiger partial charge in [0.05, 0.1) is 6.54 Å². The van der Waals surface area contributed by atoms with Gasteiger partial charge in [-0.05, 0) is 31.5 Å². The number of carbonyl (C=O) groups is 1. The average molecular weight is 287 g/mol. The molecule has 5 heteroatoms. The molecular weight excluding hydrogens is 266 g/mol. The Hall–Kier alpha value is -2.11. The summed E-state index contributed by atoms with van der Waals surface area (Å²) in [5, 5.41) is 0. The maximum absolute atomic E-state index is 11.4. The number of hydrazine groups is 1. The van der Waals surface area contributed by atoms with E-state index in [9.17, 15) is 4.79 Å². The predicted molar refractivity (Wildman–Crippen MR) is 81.2 cm³/mol. The highest BCUT2D eigenvalue weighted by molar-refractivity contribution is 5.90. The number of nitrogens with two attached hydrogens (primary N) is 1. The largest absolute Gasteiger partial charge is 0.455 e. The third-order valence-corrected chi connectivity index (χ3v) is 3.33. The fourth-order valence-corrected chi connectivity index (χ4v) is 2.10. The molecule has 3 N–H and O–H groups in total. The van der Waals surface area contributed by atoms with Gasteiger partial charge in [-0.15, -0.1) is 0 Å². The number of furan rings is 1. The maximum Gasteiger partial charge on any atom is 0.300 e. The molecule has 21 heavy (non-hydrogen) atoms. The van der Waals surface area contributed by atoms with Gasteiger partial charge in [0.2, 0.25) is 0 Å². The van der Waals surface area contributed by atoms with E-state index in [-0.39, 0.29) is 5.76 Å². The van der Waals surface area contributed by atoms with Gasteiger partial charge in [-0.1, -0.05) is 30.3 Å². The number of hydrogen-bond acceptors (Lipinski definition) is 4. The van der Waals surface area contributed by atoms with Crippen molar-refractivity contribution in [2.24, 2.45) is 5.84 Å². The third kappa shape index (κ3) is 4.18. The molecule has 0 radical (unpaired) electrons. The van der Waals surface area contributed by atoms with Crippen molar-refractivity contribution in [3.05, 3.63) is 59.5 Å². The summed E-state index contributed by atoms with van der Waals surface area (Å²) in [5.74, 6) is 5.66. The average Bonchev–Trinajstić information content (AvgIpc) is 2.95. The second-order valence-electron chi connectivity index (χ2n) is 5.22. The van der Waals surface area contributed by atoms with Crippen molar-refractivity contribution in [1.29, 1.82) is 0 Å². The highest BCUT2D eigenvalue weighted by Crippen LogP contribution is 2.15. The first kappa shape index (κ1) is 15.3. The van der Waals surface area contributed by atoms with Gasteiger partial charge in [0, 0.05) is 12.6 Å². The number of nitrogens with one attached hydrogen (secondary N) is 1. The summed E-state index contributed by atoms with van der Waals surface area (Å²) >= 11 is 0. The Balaban J connectivity index is 2.06. The molecule has 2 aromatic rings. The lowest BCUT2D eigenvalue weighted by Gasteiger charge is -2.25. The minimum Gasteiger partial charge on any atom is -0.455 e. The molecule has 1 amide bonds. The highest BCUT2D eigenvalue weighted by Gasteiger charge is 2.15. The Morgan fingerprint density at radius 3 is 2.52 bits per heavy atom. The van der Waals surface area contributed by atoms with Gasteiger partial charge in [0.1, 0.15) is 5.76 Å². The van der Waals surface area contributed by atoms with Crippen LogP contribution in [-0.2, 0) is 13.1 Å². The lowest BCUT2D eigenvalue weighted by Crippen LogP contribution is -2.30. The fourth-order valence-electron chi connectivity index (χ4n) is 2.10. The Morgan fingerprint density at radius 1 is 1.19 bits per heavy atom. The van der Waals surface area contributed by atoms with Crippen LogP contribution in [0.4, 0.5) is 0 Å². The van der Waals surface area contributed by atoms with E-state index in [1.54, 1.807) is 6.07 Å². The zero-order valence-electron chi connectivity index (χ0n) is 12.4. The molecule has 0 saturated heterocycles. The summed E-state index contributed by atoms with van der Waals surface area (Å²) in [7, 11) is 0. The van der Waals surface area contributed by atoms with E-state index in [4.69, 9.17) is 10.3 Å². The molecule has 0 aliphatic rings. The van der Waals surface area contributed by atoms with Crippen LogP contribution in [0.1, 0.15) is 35.7 Å². The fraction of sp³-hybridized carbons (Fsp3) is 0.312. The van der Waals surface area contributed by atoms with Crippen molar-refractivity contribution in [3.8, 4) is 0 Å². The minimum atomic E-state index is -0.416. The summed E-state index contributed by atoms with van der Waals surface area (Å²) in [5.41, 5.74) is 3.31. The van der Waals surface area contributed by atoms with E-state index in [0.717, 1.165) is 12.3 Å². The predicted octanol–water partition coefficient (Wildman–Crippen LogP) is 2.29. The number of nitrogen functional groups attached to an aromatic ring is 1. The summed E-state index contributed by atoms with van der Waals surface area (Å²) in [4.78, 5) is 13.7. The summed E-state index contributed by atoms with van der Waals surface area (Å²) < 4.78 is 5.52. The van der Waals surface area contributed by atoms with E-state index in [1.165, 1.54) is 5.56 Å². The van der Waals surface area contributed by atoms with Gasteiger partial charge in [-0.2, -0.15) is 0 Å². The number of hydrogen-bond donors (Lipinski definition) is 2. The van der Waals surface area contributed by atoms with Crippen molar-refractivity contribution in [2.45, 2.75) is 33.0 Å². The Morgan fingerprint density at radius 2 is 1.90 bits per heavy atom. The number of rotatable bonds is 6. The zero-order valence-corrected chi connectivity index (χ0v) is 12.4. The van der Waals surface area contributed by atoms with Crippen LogP contribution in [0.5, 0.6) is 0 Å². The van der Waals surface area contributed by atoms with Gasteiger partial charge in [0.25, 0.3) is 0 Å². The van der Waals surface area contributed by atoms with Gasteiger partial charge >= 0.3 is 5.91 Å². The first-order valence-corrected chi connectivity index (χ1v) is 6.97. The summed E-state index contributed by atoms with van der Waals surface area (Å²) in [6, 6.07) is 14.1. The van der Waals surface area contributed by atoms with Crippen LogP contribution in [-0.4, -0.2) is 16.8 Å². The number of amides is 1. The zero-order chi connectivity index (χ0) is 15.2. The molecule has 0 spiro atoms. The molecule has 1 aromatic carbocycles. The molecule has 1 aromatic heterocycles. The van der Waals surface area contributed by atoms with Gasteiger partial charge in [0.15, 0.2) is 5.76 Å². The molecule has 0 unspecified atom stereocenters. The third-order valence-electron chi connectivity index (χ3n) is 3.33.